The second-order valence-corrected chi connectivity index (χ2v) is 7.87. The highest BCUT2D eigenvalue weighted by atomic mass is 79.9. The molecule has 3 heteroatoms. The summed E-state index contributed by atoms with van der Waals surface area (Å²) in [7, 11) is 0. The molecule has 1 unspecified atom stereocenters. The van der Waals surface area contributed by atoms with Crippen LogP contribution < -0.4 is 0 Å². The maximum Gasteiger partial charge on any atom is 0.0812 e. The highest BCUT2D eigenvalue weighted by Crippen LogP contribution is 2.42. The number of hydrogen-bond acceptors (Lipinski definition) is 1. The monoisotopic (exact) mass is 347 g/mol. The summed E-state index contributed by atoms with van der Waals surface area (Å²) in [5, 5.41) is 10.5. The number of nitrogens with zero attached hydrogens (tertiary/aromatic N) is 1. The second-order valence-electron chi connectivity index (χ2n) is 7.02. The molecule has 0 saturated heterocycles. The van der Waals surface area contributed by atoms with Crippen molar-refractivity contribution in [1.29, 1.82) is 0 Å². The average molecular weight is 348 g/mol. The van der Waals surface area contributed by atoms with Gasteiger partial charge in [0, 0.05) is 27.1 Å². The van der Waals surface area contributed by atoms with E-state index in [9.17, 15) is 5.11 Å². The van der Waals surface area contributed by atoms with Crippen molar-refractivity contribution in [3.63, 3.8) is 0 Å². The molecule has 2 aromatic rings. The summed E-state index contributed by atoms with van der Waals surface area (Å²) in [5.74, 6) is 0. The van der Waals surface area contributed by atoms with E-state index in [2.05, 4.69) is 72.5 Å². The van der Waals surface area contributed by atoms with Gasteiger partial charge in [-0.15, -0.1) is 0 Å². The first-order valence-corrected chi connectivity index (χ1v) is 8.23. The Labute approximate surface area is 134 Å². The second kappa shape index (κ2) is 4.99. The van der Waals surface area contributed by atoms with Crippen LogP contribution in [-0.4, -0.2) is 9.67 Å². The van der Waals surface area contributed by atoms with E-state index in [1.165, 1.54) is 22.6 Å². The molecule has 1 aliphatic carbocycles. The lowest BCUT2D eigenvalue weighted by Gasteiger charge is -2.34. The van der Waals surface area contributed by atoms with Gasteiger partial charge in [-0.25, -0.2) is 0 Å². The van der Waals surface area contributed by atoms with Crippen molar-refractivity contribution in [3.8, 4) is 5.69 Å². The minimum absolute atomic E-state index is 0.138. The molecule has 1 atom stereocenters. The summed E-state index contributed by atoms with van der Waals surface area (Å²) >= 11 is 3.56. The summed E-state index contributed by atoms with van der Waals surface area (Å²) in [4.78, 5) is 0. The molecule has 1 aromatic carbocycles. The molecule has 0 bridgehead atoms. The van der Waals surface area contributed by atoms with Crippen LogP contribution in [0.2, 0.25) is 0 Å². The van der Waals surface area contributed by atoms with Crippen LogP contribution in [0.25, 0.3) is 5.69 Å². The number of aliphatic hydroxyl groups excluding tert-OH is 1. The van der Waals surface area contributed by atoms with E-state index in [4.69, 9.17) is 0 Å². The number of aromatic nitrogens is 1. The molecule has 3 rings (SSSR count). The van der Waals surface area contributed by atoms with Crippen LogP contribution in [0.4, 0.5) is 0 Å². The quantitative estimate of drug-likeness (QED) is 0.782. The number of fused-ring (bicyclic) bond motifs is 1. The van der Waals surface area contributed by atoms with Gasteiger partial charge in [0.25, 0.3) is 0 Å². The van der Waals surface area contributed by atoms with E-state index in [-0.39, 0.29) is 11.5 Å². The van der Waals surface area contributed by atoms with E-state index < -0.39 is 0 Å². The van der Waals surface area contributed by atoms with Crippen LogP contribution in [0, 0.1) is 19.3 Å². The molecule has 1 aliphatic rings. The maximum absolute atomic E-state index is 10.5. The van der Waals surface area contributed by atoms with E-state index in [1.54, 1.807) is 0 Å². The Bertz CT molecular complexity index is 699. The third-order valence-electron chi connectivity index (χ3n) is 4.47. The van der Waals surface area contributed by atoms with Crippen molar-refractivity contribution in [2.45, 2.75) is 46.6 Å². The maximum atomic E-state index is 10.5. The van der Waals surface area contributed by atoms with Gasteiger partial charge >= 0.3 is 0 Å². The van der Waals surface area contributed by atoms with Crippen LogP contribution in [-0.2, 0) is 6.42 Å². The molecule has 0 saturated carbocycles. The molecule has 112 valence electrons. The molecule has 21 heavy (non-hydrogen) atoms. The van der Waals surface area contributed by atoms with Crippen molar-refractivity contribution < 1.29 is 5.11 Å². The molecular weight excluding hydrogens is 326 g/mol. The van der Waals surface area contributed by atoms with Gasteiger partial charge in [-0.3, -0.25) is 0 Å². The molecule has 0 amide bonds. The number of hydrogen-bond donors (Lipinski definition) is 1. The van der Waals surface area contributed by atoms with E-state index in [1.807, 2.05) is 0 Å². The number of rotatable bonds is 1. The summed E-state index contributed by atoms with van der Waals surface area (Å²) in [5.41, 5.74) is 6.10. The van der Waals surface area contributed by atoms with E-state index >= 15 is 0 Å². The lowest BCUT2D eigenvalue weighted by Crippen LogP contribution is -2.26. The fourth-order valence-electron chi connectivity index (χ4n) is 3.47. The molecule has 2 nitrogen and oxygen atoms in total. The van der Waals surface area contributed by atoms with Crippen LogP contribution >= 0.6 is 15.9 Å². The zero-order valence-corrected chi connectivity index (χ0v) is 14.7. The van der Waals surface area contributed by atoms with Gasteiger partial charge in [0.2, 0.25) is 0 Å². The van der Waals surface area contributed by atoms with Crippen LogP contribution in [0.5, 0.6) is 0 Å². The molecule has 0 fully saturated rings. The SMILES string of the molecule is Cc1cc(-n2c(C)cc3c2CC(C)(C)CC3O)ccc1Br. The van der Waals surface area contributed by atoms with E-state index in [0.29, 0.717) is 0 Å². The van der Waals surface area contributed by atoms with Gasteiger partial charge < -0.3 is 9.67 Å². The smallest absolute Gasteiger partial charge is 0.0812 e. The molecule has 1 aromatic heterocycles. The molecule has 0 radical (unpaired) electrons. The highest BCUT2D eigenvalue weighted by molar-refractivity contribution is 9.10. The number of aryl methyl sites for hydroxylation is 2. The zero-order chi connectivity index (χ0) is 15.4. The van der Waals surface area contributed by atoms with E-state index in [0.717, 1.165) is 22.9 Å². The zero-order valence-electron chi connectivity index (χ0n) is 13.1. The Kier molecular flexibility index (Phi) is 3.53. The summed E-state index contributed by atoms with van der Waals surface area (Å²) in [6.45, 7) is 8.70. The van der Waals surface area contributed by atoms with Crippen LogP contribution in [0.3, 0.4) is 0 Å². The minimum atomic E-state index is -0.347. The van der Waals surface area contributed by atoms with Gasteiger partial charge in [0.1, 0.15) is 0 Å². The van der Waals surface area contributed by atoms with Crippen LogP contribution in [0.15, 0.2) is 28.7 Å². The highest BCUT2D eigenvalue weighted by Gasteiger charge is 2.34. The first-order chi connectivity index (χ1) is 9.78. The normalized spacial score (nSPS) is 20.4. The number of halogens is 1. The Morgan fingerprint density at radius 3 is 2.62 bits per heavy atom. The van der Waals surface area contributed by atoms with Crippen molar-refractivity contribution in [2.75, 3.05) is 0 Å². The third-order valence-corrected chi connectivity index (χ3v) is 5.36. The van der Waals surface area contributed by atoms with Gasteiger partial charge in [0.05, 0.1) is 6.10 Å². The number of benzene rings is 1. The fourth-order valence-corrected chi connectivity index (χ4v) is 3.72. The van der Waals surface area contributed by atoms with Crippen LogP contribution in [0.1, 0.15) is 48.9 Å². The summed E-state index contributed by atoms with van der Waals surface area (Å²) in [6, 6.07) is 8.58. The van der Waals surface area contributed by atoms with Gasteiger partial charge in [0.15, 0.2) is 0 Å². The van der Waals surface area contributed by atoms with Gasteiger partial charge in [-0.05, 0) is 61.9 Å². The predicted molar refractivity (Wildman–Crippen MR) is 90.0 cm³/mol. The van der Waals surface area contributed by atoms with Gasteiger partial charge in [-0.1, -0.05) is 29.8 Å². The fraction of sp³-hybridized carbons (Fsp3) is 0.444. The summed E-state index contributed by atoms with van der Waals surface area (Å²) in [6.07, 6.45) is 1.49. The average Bonchev–Trinajstić information content (AvgIpc) is 2.68. The molecule has 1 N–H and O–H groups in total. The third kappa shape index (κ3) is 2.58. The molecule has 1 heterocycles. The standard InChI is InChI=1S/C18H22BrNO/c1-11-7-13(5-6-15(11)19)20-12(2)8-14-16(20)9-18(3,4)10-17(14)21/h5-8,17,21H,9-10H2,1-4H3. The molecular formula is C18H22BrNO. The lowest BCUT2D eigenvalue weighted by atomic mass is 9.75. The van der Waals surface area contributed by atoms with Gasteiger partial charge in [-0.2, -0.15) is 0 Å². The lowest BCUT2D eigenvalue weighted by molar-refractivity contribution is 0.0987. The Hall–Kier alpha value is -1.06. The Morgan fingerprint density at radius 1 is 1.24 bits per heavy atom. The Morgan fingerprint density at radius 2 is 1.95 bits per heavy atom. The largest absolute Gasteiger partial charge is 0.388 e. The van der Waals surface area contributed by atoms with Crippen molar-refractivity contribution in [2.24, 2.45) is 5.41 Å². The first kappa shape index (κ1) is 14.9. The Balaban J connectivity index is 2.18. The number of aliphatic hydroxyl groups is 1. The topological polar surface area (TPSA) is 25.2 Å². The summed E-state index contributed by atoms with van der Waals surface area (Å²) < 4.78 is 3.43. The minimum Gasteiger partial charge on any atom is -0.388 e. The van der Waals surface area contributed by atoms with Crippen molar-refractivity contribution in [1.82, 2.24) is 4.57 Å². The molecule has 0 spiro atoms. The van der Waals surface area contributed by atoms with Crippen molar-refractivity contribution in [3.05, 3.63) is 51.3 Å². The van der Waals surface area contributed by atoms with Crippen molar-refractivity contribution >= 4 is 15.9 Å². The first-order valence-electron chi connectivity index (χ1n) is 7.44. The molecule has 0 aliphatic heterocycles. The predicted octanol–water partition coefficient (Wildman–Crippen LogP) is 4.86.